The third kappa shape index (κ3) is 5.90. The summed E-state index contributed by atoms with van der Waals surface area (Å²) in [4.78, 5) is 0. The van der Waals surface area contributed by atoms with Crippen LogP contribution in [0.2, 0.25) is 0 Å². The van der Waals surface area contributed by atoms with Crippen LogP contribution in [0, 0.1) is 46.3 Å². The number of aliphatic hydroxyl groups is 7. The number of rotatable bonds is 6. The van der Waals surface area contributed by atoms with Crippen LogP contribution in [-0.4, -0.2) is 135 Å². The molecule has 0 aromatic heterocycles. The monoisotopic (exact) mass is 737 g/mol. The van der Waals surface area contributed by atoms with Gasteiger partial charge >= 0.3 is 0 Å². The zero-order valence-electron chi connectivity index (χ0n) is 31.1. The zero-order chi connectivity index (χ0) is 36.9. The highest BCUT2D eigenvalue weighted by atomic mass is 16.7. The molecular formula is C39H63NO12. The summed E-state index contributed by atoms with van der Waals surface area (Å²) in [5, 5.41) is 76.6. The predicted octanol–water partition coefficient (Wildman–Crippen LogP) is 0.935. The van der Waals surface area contributed by atoms with Crippen molar-refractivity contribution in [2.45, 2.75) is 165 Å². The molecule has 7 fully saturated rings. The molecule has 4 aliphatic carbocycles. The van der Waals surface area contributed by atoms with Crippen LogP contribution in [0.4, 0.5) is 0 Å². The molecule has 1 spiro atoms. The Hall–Kier alpha value is -0.780. The van der Waals surface area contributed by atoms with Crippen molar-refractivity contribution in [3.63, 3.8) is 0 Å². The van der Waals surface area contributed by atoms with Crippen molar-refractivity contribution in [2.24, 2.45) is 46.3 Å². The molecular weight excluding hydrogens is 674 g/mol. The van der Waals surface area contributed by atoms with E-state index in [2.05, 4.69) is 39.1 Å². The molecule has 8 rings (SSSR count). The smallest absolute Gasteiger partial charge is 0.187 e. The maximum atomic E-state index is 11.1. The van der Waals surface area contributed by atoms with Crippen molar-refractivity contribution in [3.8, 4) is 0 Å². The van der Waals surface area contributed by atoms with Crippen LogP contribution in [0.15, 0.2) is 11.6 Å². The first kappa shape index (κ1) is 38.1. The first-order chi connectivity index (χ1) is 24.7. The second kappa shape index (κ2) is 14.0. The van der Waals surface area contributed by atoms with Crippen LogP contribution >= 0.6 is 0 Å². The van der Waals surface area contributed by atoms with Crippen LogP contribution in [0.5, 0.6) is 0 Å². The van der Waals surface area contributed by atoms with Gasteiger partial charge in [-0.05, 0) is 98.2 Å². The second-order valence-corrected chi connectivity index (χ2v) is 18.4. The first-order valence-electron chi connectivity index (χ1n) is 20.1. The number of piperidine rings is 1. The molecule has 52 heavy (non-hydrogen) atoms. The SMILES string of the molecule is C[C@@H]1CC[C@@]2(NC1)O[C@H]1C[C@H]3[C@@H]4CC=C5C[C@@H](OC6O[C@H](CO)[C@@H](OC7O[C@H](CO)[C@@H](O)[C@H](O)[C@H]7O)[C@H](O)[C@@H]6O)CC[C@]5(C)[C@H]4CC[C@]3(C)[C@H]1[C@@H]2C. The van der Waals surface area contributed by atoms with E-state index in [0.29, 0.717) is 48.0 Å². The fourth-order valence-corrected chi connectivity index (χ4v) is 12.8. The Labute approximate surface area is 307 Å². The van der Waals surface area contributed by atoms with Gasteiger partial charge in [0.25, 0.3) is 0 Å². The van der Waals surface area contributed by atoms with Crippen molar-refractivity contribution in [1.82, 2.24) is 5.32 Å². The highest BCUT2D eigenvalue weighted by Gasteiger charge is 2.68. The largest absolute Gasteiger partial charge is 0.394 e. The van der Waals surface area contributed by atoms with Crippen LogP contribution < -0.4 is 5.32 Å². The normalized spacial score (nSPS) is 57.5. The summed E-state index contributed by atoms with van der Waals surface area (Å²) in [6.45, 7) is 9.61. The molecule has 0 aromatic rings. The summed E-state index contributed by atoms with van der Waals surface area (Å²) in [6.07, 6.45) is -2.64. The Balaban J connectivity index is 0.913. The average Bonchev–Trinajstić information content (AvgIpc) is 3.58. The number of hydrogen-bond acceptors (Lipinski definition) is 13. The lowest BCUT2D eigenvalue weighted by atomic mass is 9.47. The molecule has 0 amide bonds. The van der Waals surface area contributed by atoms with Gasteiger partial charge in [-0.2, -0.15) is 0 Å². The Kier molecular flexibility index (Phi) is 10.3. The van der Waals surface area contributed by atoms with Gasteiger partial charge in [0.15, 0.2) is 12.6 Å². The molecule has 4 heterocycles. The van der Waals surface area contributed by atoms with E-state index < -0.39 is 74.6 Å². The second-order valence-electron chi connectivity index (χ2n) is 18.4. The van der Waals surface area contributed by atoms with Gasteiger partial charge in [0.05, 0.1) is 25.4 Å². The number of nitrogens with one attached hydrogen (secondary N) is 1. The Morgan fingerprint density at radius 3 is 2.23 bits per heavy atom. The molecule has 0 aromatic carbocycles. The van der Waals surface area contributed by atoms with Gasteiger partial charge in [0, 0.05) is 12.5 Å². The Morgan fingerprint density at radius 1 is 0.808 bits per heavy atom. The molecule has 8 aliphatic rings. The summed E-state index contributed by atoms with van der Waals surface area (Å²) < 4.78 is 30.5. The minimum atomic E-state index is -1.71. The van der Waals surface area contributed by atoms with E-state index in [9.17, 15) is 35.7 Å². The maximum absolute atomic E-state index is 11.1. The van der Waals surface area contributed by atoms with Crippen molar-refractivity contribution < 1.29 is 59.4 Å². The summed E-state index contributed by atoms with van der Waals surface area (Å²) in [6, 6.07) is 0. The molecule has 2 unspecified atom stereocenters. The lowest BCUT2D eigenvalue weighted by molar-refractivity contribution is -0.363. The molecule has 0 radical (unpaired) electrons. The maximum Gasteiger partial charge on any atom is 0.187 e. The summed E-state index contributed by atoms with van der Waals surface area (Å²) >= 11 is 0. The summed E-state index contributed by atoms with van der Waals surface area (Å²) in [7, 11) is 0. The van der Waals surface area contributed by atoms with E-state index in [1.165, 1.54) is 24.8 Å². The van der Waals surface area contributed by atoms with Gasteiger partial charge in [-0.15, -0.1) is 0 Å². The van der Waals surface area contributed by atoms with E-state index in [1.807, 2.05) is 0 Å². The predicted molar refractivity (Wildman–Crippen MR) is 185 cm³/mol. The van der Waals surface area contributed by atoms with Gasteiger partial charge < -0.3 is 59.4 Å². The Morgan fingerprint density at radius 2 is 1.52 bits per heavy atom. The van der Waals surface area contributed by atoms with Crippen LogP contribution in [0.1, 0.15) is 85.5 Å². The number of allylic oxidation sites excluding steroid dienone is 1. The molecule has 0 bridgehead atoms. The van der Waals surface area contributed by atoms with E-state index in [4.69, 9.17) is 23.7 Å². The molecule has 21 atom stereocenters. The standard InChI is InChI=1S/C39H63NO12/c1-18-7-12-39(40-15-18)19(2)28-25(52-39)14-24-22-6-5-20-13-21(8-10-37(20,3)23(22)9-11-38(24,28)4)48-35-33(47)31(45)34(27(17-42)50-35)51-36-32(46)30(44)29(43)26(16-41)49-36/h5,18-19,21-36,40-47H,6-17H2,1-4H3/t18-,19+,21+,22-,23+,24+,25+,26-,27-,28+,29-,30+,31-,32-,33+,34-,35?,36?,37+,38+,39-/m1/s1. The first-order valence-corrected chi connectivity index (χ1v) is 20.1. The van der Waals surface area contributed by atoms with Crippen molar-refractivity contribution >= 4 is 0 Å². The minimum Gasteiger partial charge on any atom is -0.394 e. The number of ether oxygens (including phenoxy) is 5. The number of hydrogen-bond donors (Lipinski definition) is 8. The molecule has 3 saturated carbocycles. The van der Waals surface area contributed by atoms with Crippen molar-refractivity contribution in [2.75, 3.05) is 19.8 Å². The molecule has 4 aliphatic heterocycles. The summed E-state index contributed by atoms with van der Waals surface area (Å²) in [5.41, 5.74) is 1.60. The molecule has 13 heteroatoms. The molecule has 13 nitrogen and oxygen atoms in total. The lowest BCUT2D eigenvalue weighted by Crippen LogP contribution is -2.65. The zero-order valence-corrected chi connectivity index (χ0v) is 31.1. The van der Waals surface area contributed by atoms with Crippen molar-refractivity contribution in [1.29, 1.82) is 0 Å². The molecule has 296 valence electrons. The third-order valence-electron chi connectivity index (χ3n) is 15.8. The van der Waals surface area contributed by atoms with E-state index in [1.54, 1.807) is 0 Å². The lowest BCUT2D eigenvalue weighted by Gasteiger charge is -2.59. The van der Waals surface area contributed by atoms with E-state index in [0.717, 1.165) is 38.6 Å². The summed E-state index contributed by atoms with van der Waals surface area (Å²) in [5.74, 6) is 3.67. The van der Waals surface area contributed by atoms with E-state index in [-0.39, 0.29) is 22.7 Å². The van der Waals surface area contributed by atoms with Gasteiger partial charge in [-0.3, -0.25) is 5.32 Å². The topological polar surface area (TPSA) is 200 Å². The average molecular weight is 738 g/mol. The van der Waals surface area contributed by atoms with Crippen molar-refractivity contribution in [3.05, 3.63) is 11.6 Å². The molecule has 4 saturated heterocycles. The van der Waals surface area contributed by atoms with Gasteiger partial charge in [0.1, 0.15) is 54.6 Å². The highest BCUT2D eigenvalue weighted by molar-refractivity contribution is 5.26. The van der Waals surface area contributed by atoms with Crippen LogP contribution in [0.3, 0.4) is 0 Å². The fourth-order valence-electron chi connectivity index (χ4n) is 12.8. The van der Waals surface area contributed by atoms with Gasteiger partial charge in [-0.1, -0.05) is 39.3 Å². The van der Waals surface area contributed by atoms with Crippen LogP contribution in [0.25, 0.3) is 0 Å². The minimum absolute atomic E-state index is 0.0695. The fraction of sp³-hybridized carbons (Fsp3) is 0.949. The Bertz CT molecular complexity index is 1320. The van der Waals surface area contributed by atoms with Gasteiger partial charge in [-0.25, -0.2) is 0 Å². The van der Waals surface area contributed by atoms with Crippen LogP contribution in [-0.2, 0) is 23.7 Å². The quantitative estimate of drug-likeness (QED) is 0.179. The van der Waals surface area contributed by atoms with E-state index >= 15 is 0 Å². The third-order valence-corrected chi connectivity index (χ3v) is 15.8. The number of fused-ring (bicyclic) bond motifs is 7. The molecule has 8 N–H and O–H groups in total. The highest BCUT2D eigenvalue weighted by Crippen LogP contribution is 2.70. The number of aliphatic hydroxyl groups excluding tert-OH is 7. The van der Waals surface area contributed by atoms with Gasteiger partial charge in [0.2, 0.25) is 0 Å².